The Balaban J connectivity index is 1.71. The average Bonchev–Trinajstić information content (AvgIpc) is 2.61. The Hall–Kier alpha value is -3.10. The van der Waals surface area contributed by atoms with Crippen LogP contribution in [-0.2, 0) is 4.79 Å². The molecular weight excluding hydrogens is 328 g/mol. The normalized spacial score (nSPS) is 18.2. The van der Waals surface area contributed by atoms with Crippen LogP contribution in [0.25, 0.3) is 0 Å². The highest BCUT2D eigenvalue weighted by molar-refractivity contribution is 6.06. The number of piperazine rings is 1. The summed E-state index contributed by atoms with van der Waals surface area (Å²) in [6.07, 6.45) is -0.777. The first-order chi connectivity index (χ1) is 12.0. The fourth-order valence-electron chi connectivity index (χ4n) is 2.90. The molecule has 2 aliphatic rings. The lowest BCUT2D eigenvalue weighted by molar-refractivity contribution is -0.120. The third-order valence-electron chi connectivity index (χ3n) is 4.30. The standard InChI is InChI=1S/C16H18N4O5/c21-13-4-5-20(15(23)17-13)12-3-1-2-11(10-12)14(22)18-6-8-19(9-7-18)16(24)25/h1-3,10H,4-9H2,(H,24,25)(H,17,21,23). The van der Waals surface area contributed by atoms with Crippen LogP contribution in [0.3, 0.4) is 0 Å². The van der Waals surface area contributed by atoms with Gasteiger partial charge in [-0.15, -0.1) is 0 Å². The minimum Gasteiger partial charge on any atom is -0.465 e. The Morgan fingerprint density at radius 1 is 1.00 bits per heavy atom. The SMILES string of the molecule is O=C1CCN(c2cccc(C(=O)N3CCN(C(=O)O)CC3)c2)C(=O)N1. The maximum Gasteiger partial charge on any atom is 0.407 e. The van der Waals surface area contributed by atoms with Crippen molar-refractivity contribution in [1.82, 2.24) is 15.1 Å². The molecule has 9 heteroatoms. The van der Waals surface area contributed by atoms with Gasteiger partial charge in [0.2, 0.25) is 5.91 Å². The van der Waals surface area contributed by atoms with Crippen molar-refractivity contribution in [1.29, 1.82) is 0 Å². The van der Waals surface area contributed by atoms with E-state index in [0.29, 0.717) is 24.3 Å². The van der Waals surface area contributed by atoms with Crippen LogP contribution in [0, 0.1) is 0 Å². The number of rotatable bonds is 2. The number of nitrogens with one attached hydrogen (secondary N) is 1. The lowest BCUT2D eigenvalue weighted by atomic mass is 10.1. The number of anilines is 1. The fourth-order valence-corrected chi connectivity index (χ4v) is 2.90. The molecule has 0 aromatic heterocycles. The van der Waals surface area contributed by atoms with E-state index in [1.807, 2.05) is 0 Å². The Morgan fingerprint density at radius 2 is 1.68 bits per heavy atom. The second-order valence-corrected chi connectivity index (χ2v) is 5.87. The fraction of sp³-hybridized carbons (Fsp3) is 0.375. The van der Waals surface area contributed by atoms with Crippen molar-refractivity contribution in [3.8, 4) is 0 Å². The summed E-state index contributed by atoms with van der Waals surface area (Å²) in [6, 6.07) is 6.15. The van der Waals surface area contributed by atoms with Crippen LogP contribution in [-0.4, -0.2) is 71.6 Å². The molecule has 2 saturated heterocycles. The minimum absolute atomic E-state index is 0.208. The van der Waals surface area contributed by atoms with Crippen LogP contribution in [0.5, 0.6) is 0 Å². The van der Waals surface area contributed by atoms with Crippen molar-refractivity contribution in [2.45, 2.75) is 6.42 Å². The summed E-state index contributed by atoms with van der Waals surface area (Å²) >= 11 is 0. The predicted octanol–water partition coefficient (Wildman–Crippen LogP) is 0.569. The highest BCUT2D eigenvalue weighted by atomic mass is 16.4. The van der Waals surface area contributed by atoms with Crippen LogP contribution in [0.2, 0.25) is 0 Å². The molecule has 0 aliphatic carbocycles. The summed E-state index contributed by atoms with van der Waals surface area (Å²) < 4.78 is 0. The van der Waals surface area contributed by atoms with E-state index in [0.717, 1.165) is 0 Å². The molecule has 0 bridgehead atoms. The van der Waals surface area contributed by atoms with Crippen LogP contribution >= 0.6 is 0 Å². The van der Waals surface area contributed by atoms with E-state index in [4.69, 9.17) is 5.11 Å². The molecule has 0 unspecified atom stereocenters. The van der Waals surface area contributed by atoms with Crippen molar-refractivity contribution in [2.24, 2.45) is 0 Å². The molecule has 0 saturated carbocycles. The maximum atomic E-state index is 12.6. The highest BCUT2D eigenvalue weighted by Crippen LogP contribution is 2.20. The van der Waals surface area contributed by atoms with Crippen LogP contribution in [0.4, 0.5) is 15.3 Å². The van der Waals surface area contributed by atoms with Gasteiger partial charge in [-0.3, -0.25) is 19.8 Å². The van der Waals surface area contributed by atoms with E-state index in [1.165, 1.54) is 9.80 Å². The van der Waals surface area contributed by atoms with E-state index in [1.54, 1.807) is 29.2 Å². The maximum absolute atomic E-state index is 12.6. The number of hydrogen-bond donors (Lipinski definition) is 2. The number of amides is 5. The van der Waals surface area contributed by atoms with Crippen molar-refractivity contribution >= 4 is 29.6 Å². The van der Waals surface area contributed by atoms with Crippen molar-refractivity contribution < 1.29 is 24.3 Å². The molecule has 9 nitrogen and oxygen atoms in total. The van der Waals surface area contributed by atoms with Crippen molar-refractivity contribution in [3.63, 3.8) is 0 Å². The van der Waals surface area contributed by atoms with E-state index in [9.17, 15) is 19.2 Å². The number of hydrogen-bond acceptors (Lipinski definition) is 4. The topological polar surface area (TPSA) is 110 Å². The summed E-state index contributed by atoms with van der Waals surface area (Å²) in [5, 5.41) is 11.2. The van der Waals surface area contributed by atoms with Gasteiger partial charge in [0.05, 0.1) is 0 Å². The zero-order valence-corrected chi connectivity index (χ0v) is 13.5. The summed E-state index contributed by atoms with van der Waals surface area (Å²) in [4.78, 5) is 51.0. The first-order valence-corrected chi connectivity index (χ1v) is 7.94. The summed E-state index contributed by atoms with van der Waals surface area (Å²) in [6.45, 7) is 1.47. The molecule has 2 fully saturated rings. The van der Waals surface area contributed by atoms with Crippen LogP contribution < -0.4 is 10.2 Å². The molecular formula is C16H18N4O5. The number of carbonyl (C=O) groups is 4. The molecule has 2 N–H and O–H groups in total. The van der Waals surface area contributed by atoms with E-state index in [-0.39, 0.29) is 37.9 Å². The third kappa shape index (κ3) is 3.54. The van der Waals surface area contributed by atoms with Crippen LogP contribution in [0.15, 0.2) is 24.3 Å². The zero-order chi connectivity index (χ0) is 18.0. The van der Waals surface area contributed by atoms with Crippen molar-refractivity contribution in [3.05, 3.63) is 29.8 Å². The molecule has 3 rings (SSSR count). The quantitative estimate of drug-likeness (QED) is 0.813. The Labute approximate surface area is 143 Å². The molecule has 2 aliphatic heterocycles. The van der Waals surface area contributed by atoms with Gasteiger partial charge in [-0.1, -0.05) is 6.07 Å². The average molecular weight is 346 g/mol. The second kappa shape index (κ2) is 6.80. The molecule has 1 aromatic rings. The van der Waals surface area contributed by atoms with Gasteiger partial charge in [0.1, 0.15) is 0 Å². The van der Waals surface area contributed by atoms with E-state index >= 15 is 0 Å². The Bertz CT molecular complexity index is 727. The van der Waals surface area contributed by atoms with Gasteiger partial charge >= 0.3 is 12.1 Å². The summed E-state index contributed by atoms with van der Waals surface area (Å²) in [5.74, 6) is -0.523. The summed E-state index contributed by atoms with van der Waals surface area (Å²) in [7, 11) is 0. The van der Waals surface area contributed by atoms with Gasteiger partial charge in [0.15, 0.2) is 0 Å². The monoisotopic (exact) mass is 346 g/mol. The number of carbonyl (C=O) groups excluding carboxylic acids is 3. The van der Waals surface area contributed by atoms with Gasteiger partial charge in [0.25, 0.3) is 5.91 Å². The van der Waals surface area contributed by atoms with Crippen molar-refractivity contribution in [2.75, 3.05) is 37.6 Å². The lowest BCUT2D eigenvalue weighted by Gasteiger charge is -2.33. The van der Waals surface area contributed by atoms with Gasteiger partial charge in [-0.25, -0.2) is 9.59 Å². The molecule has 5 amide bonds. The van der Waals surface area contributed by atoms with Gasteiger partial charge in [-0.05, 0) is 18.2 Å². The predicted molar refractivity (Wildman–Crippen MR) is 87.4 cm³/mol. The molecule has 0 radical (unpaired) electrons. The molecule has 1 aromatic carbocycles. The summed E-state index contributed by atoms with van der Waals surface area (Å²) in [5.41, 5.74) is 0.964. The van der Waals surface area contributed by atoms with Gasteiger partial charge in [-0.2, -0.15) is 0 Å². The van der Waals surface area contributed by atoms with Crippen LogP contribution in [0.1, 0.15) is 16.8 Å². The minimum atomic E-state index is -0.986. The highest BCUT2D eigenvalue weighted by Gasteiger charge is 2.27. The number of imide groups is 1. The Kier molecular flexibility index (Phi) is 4.55. The largest absolute Gasteiger partial charge is 0.465 e. The smallest absolute Gasteiger partial charge is 0.407 e. The molecule has 132 valence electrons. The number of urea groups is 1. The molecule has 25 heavy (non-hydrogen) atoms. The number of nitrogens with zero attached hydrogens (tertiary/aromatic N) is 3. The van der Waals surface area contributed by atoms with E-state index < -0.39 is 12.1 Å². The van der Waals surface area contributed by atoms with Gasteiger partial charge < -0.3 is 14.9 Å². The van der Waals surface area contributed by atoms with Gasteiger partial charge in [0, 0.05) is 50.4 Å². The Morgan fingerprint density at radius 3 is 2.32 bits per heavy atom. The molecule has 0 atom stereocenters. The lowest BCUT2D eigenvalue weighted by Crippen LogP contribution is -2.50. The van der Waals surface area contributed by atoms with E-state index in [2.05, 4.69) is 5.32 Å². The first-order valence-electron chi connectivity index (χ1n) is 7.94. The zero-order valence-electron chi connectivity index (χ0n) is 13.5. The number of carboxylic acid groups (broad SMARTS) is 1. The first kappa shape index (κ1) is 16.7. The third-order valence-corrected chi connectivity index (χ3v) is 4.30. The molecule has 0 spiro atoms. The second-order valence-electron chi connectivity index (χ2n) is 5.87. The molecule has 2 heterocycles. The number of benzene rings is 1.